The van der Waals surface area contributed by atoms with Crippen LogP contribution in [0.25, 0.3) is 0 Å². The fourth-order valence-electron chi connectivity index (χ4n) is 3.20. The maximum atomic E-state index is 13.2. The lowest BCUT2D eigenvalue weighted by atomic mass is 10.1. The maximum Gasteiger partial charge on any atom is 0.234 e. The van der Waals surface area contributed by atoms with Crippen LogP contribution in [0.5, 0.6) is 5.75 Å². The zero-order chi connectivity index (χ0) is 21.1. The summed E-state index contributed by atoms with van der Waals surface area (Å²) in [5.74, 6) is 1.02. The predicted molar refractivity (Wildman–Crippen MR) is 114 cm³/mol. The Morgan fingerprint density at radius 1 is 1.34 bits per heavy atom. The van der Waals surface area contributed by atoms with Gasteiger partial charge in [-0.15, -0.1) is 0 Å². The molecule has 0 saturated carbocycles. The highest BCUT2D eigenvalue weighted by molar-refractivity contribution is 5.80. The van der Waals surface area contributed by atoms with Crippen LogP contribution in [0.15, 0.2) is 29.3 Å². The van der Waals surface area contributed by atoms with E-state index in [1.54, 1.807) is 19.2 Å². The molecule has 1 aromatic rings. The van der Waals surface area contributed by atoms with Gasteiger partial charge in [-0.3, -0.25) is 14.7 Å². The van der Waals surface area contributed by atoms with Crippen LogP contribution in [-0.4, -0.2) is 68.7 Å². The van der Waals surface area contributed by atoms with Crippen molar-refractivity contribution in [3.63, 3.8) is 0 Å². The number of rotatable bonds is 9. The summed E-state index contributed by atoms with van der Waals surface area (Å²) in [4.78, 5) is 18.3. The molecule has 1 aliphatic rings. The highest BCUT2D eigenvalue weighted by Crippen LogP contribution is 2.13. The van der Waals surface area contributed by atoms with Crippen molar-refractivity contribution in [3.8, 4) is 5.75 Å². The predicted octanol–water partition coefficient (Wildman–Crippen LogP) is 1.75. The van der Waals surface area contributed by atoms with Gasteiger partial charge in [0.05, 0.1) is 13.1 Å². The topological polar surface area (TPSA) is 78.0 Å². The van der Waals surface area contributed by atoms with Crippen molar-refractivity contribution < 1.29 is 13.9 Å². The Morgan fingerprint density at radius 2 is 2.10 bits per heavy atom. The van der Waals surface area contributed by atoms with Crippen LogP contribution in [0.3, 0.4) is 0 Å². The maximum absolute atomic E-state index is 13.2. The van der Waals surface area contributed by atoms with Gasteiger partial charge in [-0.25, -0.2) is 4.39 Å². The van der Waals surface area contributed by atoms with Gasteiger partial charge >= 0.3 is 0 Å². The average molecular weight is 408 g/mol. The van der Waals surface area contributed by atoms with Crippen LogP contribution in [0.1, 0.15) is 33.1 Å². The van der Waals surface area contributed by atoms with E-state index >= 15 is 0 Å². The summed E-state index contributed by atoms with van der Waals surface area (Å²) >= 11 is 0. The lowest BCUT2D eigenvalue weighted by Gasteiger charge is -2.32. The second kappa shape index (κ2) is 12.3. The van der Waals surface area contributed by atoms with Gasteiger partial charge in [-0.05, 0) is 38.3 Å². The van der Waals surface area contributed by atoms with E-state index in [1.807, 2.05) is 13.8 Å². The molecule has 0 bridgehead atoms. The molecule has 7 nitrogen and oxygen atoms in total. The van der Waals surface area contributed by atoms with E-state index in [9.17, 15) is 9.18 Å². The molecule has 1 atom stereocenters. The molecular formula is C21H34FN5O2. The number of hydrogen-bond donors (Lipinski definition) is 3. The average Bonchev–Trinajstić information content (AvgIpc) is 2.71. The largest absolute Gasteiger partial charge is 0.489 e. The third-order valence-corrected chi connectivity index (χ3v) is 4.78. The number of guanidine groups is 1. The molecule has 1 unspecified atom stereocenters. The van der Waals surface area contributed by atoms with E-state index in [4.69, 9.17) is 4.74 Å². The number of piperidine rings is 1. The summed E-state index contributed by atoms with van der Waals surface area (Å²) in [6.07, 6.45) is 2.73. The molecule has 0 aliphatic carbocycles. The van der Waals surface area contributed by atoms with Crippen molar-refractivity contribution in [1.29, 1.82) is 0 Å². The zero-order valence-corrected chi connectivity index (χ0v) is 17.7. The number of carbonyl (C=O) groups excluding carboxylic acids is 1. The highest BCUT2D eigenvalue weighted by Gasteiger charge is 2.21. The number of carbonyl (C=O) groups is 1. The van der Waals surface area contributed by atoms with E-state index < -0.39 is 0 Å². The first-order valence-corrected chi connectivity index (χ1v) is 10.4. The molecule has 162 valence electrons. The standard InChI is InChI=1S/C21H34FN5O2/c1-4-10-24-20(28)15-27-11-8-18(9-12-27)26-21(23-3)25-14-16(2)29-19-7-5-6-17(22)13-19/h5-7,13,16,18H,4,8-12,14-15H2,1-3H3,(H,24,28)(H2,23,25,26). The zero-order valence-electron chi connectivity index (χ0n) is 17.7. The monoisotopic (exact) mass is 407 g/mol. The number of hydrogen-bond acceptors (Lipinski definition) is 4. The summed E-state index contributed by atoms with van der Waals surface area (Å²) in [6.45, 7) is 7.49. The molecule has 0 aromatic heterocycles. The lowest BCUT2D eigenvalue weighted by molar-refractivity contribution is -0.122. The van der Waals surface area contributed by atoms with Crippen LogP contribution in [-0.2, 0) is 4.79 Å². The normalized spacial score (nSPS) is 16.9. The van der Waals surface area contributed by atoms with Crippen LogP contribution < -0.4 is 20.7 Å². The van der Waals surface area contributed by atoms with Crippen LogP contribution in [0, 0.1) is 5.82 Å². The summed E-state index contributed by atoms with van der Waals surface area (Å²) in [5.41, 5.74) is 0. The Labute approximate surface area is 173 Å². The van der Waals surface area contributed by atoms with Crippen molar-refractivity contribution >= 4 is 11.9 Å². The van der Waals surface area contributed by atoms with E-state index in [0.717, 1.165) is 44.9 Å². The third-order valence-electron chi connectivity index (χ3n) is 4.78. The van der Waals surface area contributed by atoms with Gasteiger partial charge < -0.3 is 20.7 Å². The first kappa shape index (κ1) is 22.9. The van der Waals surface area contributed by atoms with Crippen molar-refractivity contribution in [1.82, 2.24) is 20.9 Å². The number of halogens is 1. The second-order valence-corrected chi connectivity index (χ2v) is 7.38. The Morgan fingerprint density at radius 3 is 2.76 bits per heavy atom. The Bertz CT molecular complexity index is 662. The first-order chi connectivity index (χ1) is 14.0. The van der Waals surface area contributed by atoms with Crippen molar-refractivity contribution in [2.24, 2.45) is 4.99 Å². The molecule has 3 N–H and O–H groups in total. The molecule has 8 heteroatoms. The number of benzene rings is 1. The van der Waals surface area contributed by atoms with Gasteiger partial charge in [0.1, 0.15) is 17.7 Å². The number of nitrogens with one attached hydrogen (secondary N) is 3. The van der Waals surface area contributed by atoms with Gasteiger partial charge in [0, 0.05) is 38.8 Å². The minimum absolute atomic E-state index is 0.100. The smallest absolute Gasteiger partial charge is 0.234 e. The fourth-order valence-corrected chi connectivity index (χ4v) is 3.20. The molecule has 1 saturated heterocycles. The quantitative estimate of drug-likeness (QED) is 0.429. The van der Waals surface area contributed by atoms with E-state index in [1.165, 1.54) is 12.1 Å². The number of nitrogens with zero attached hydrogens (tertiary/aromatic N) is 2. The summed E-state index contributed by atoms with van der Waals surface area (Å²) in [6, 6.07) is 6.45. The molecule has 0 radical (unpaired) electrons. The SMILES string of the molecule is CCCNC(=O)CN1CCC(NC(=NC)NCC(C)Oc2cccc(F)c2)CC1. The summed E-state index contributed by atoms with van der Waals surface area (Å²) < 4.78 is 19.0. The molecule has 1 heterocycles. The van der Waals surface area contributed by atoms with Gasteiger partial charge in [0.25, 0.3) is 0 Å². The van der Waals surface area contributed by atoms with E-state index in [-0.39, 0.29) is 17.8 Å². The molecule has 1 aromatic carbocycles. The second-order valence-electron chi connectivity index (χ2n) is 7.38. The minimum atomic E-state index is -0.311. The molecular weight excluding hydrogens is 373 g/mol. The summed E-state index contributed by atoms with van der Waals surface area (Å²) in [5, 5.41) is 9.62. The number of likely N-dealkylation sites (tertiary alicyclic amines) is 1. The van der Waals surface area contributed by atoms with Gasteiger partial charge in [0.15, 0.2) is 5.96 Å². The first-order valence-electron chi connectivity index (χ1n) is 10.4. The molecule has 1 amide bonds. The minimum Gasteiger partial charge on any atom is -0.489 e. The van der Waals surface area contributed by atoms with Crippen LogP contribution >= 0.6 is 0 Å². The van der Waals surface area contributed by atoms with Gasteiger partial charge in [-0.1, -0.05) is 13.0 Å². The van der Waals surface area contributed by atoms with E-state index in [0.29, 0.717) is 24.9 Å². The number of aliphatic imine (C=N–C) groups is 1. The van der Waals surface area contributed by atoms with Crippen molar-refractivity contribution in [2.45, 2.75) is 45.3 Å². The Kier molecular flexibility index (Phi) is 9.70. The van der Waals surface area contributed by atoms with Crippen molar-refractivity contribution in [3.05, 3.63) is 30.1 Å². The molecule has 2 rings (SSSR count). The lowest BCUT2D eigenvalue weighted by Crippen LogP contribution is -2.51. The van der Waals surface area contributed by atoms with Gasteiger partial charge in [0.2, 0.25) is 5.91 Å². The van der Waals surface area contributed by atoms with Crippen LogP contribution in [0.2, 0.25) is 0 Å². The molecule has 29 heavy (non-hydrogen) atoms. The van der Waals surface area contributed by atoms with E-state index in [2.05, 4.69) is 25.8 Å². The Balaban J connectivity index is 1.68. The fraction of sp³-hybridized carbons (Fsp3) is 0.619. The number of ether oxygens (including phenoxy) is 1. The third kappa shape index (κ3) is 8.68. The molecule has 1 aliphatic heterocycles. The highest BCUT2D eigenvalue weighted by atomic mass is 19.1. The van der Waals surface area contributed by atoms with Crippen molar-refractivity contribution in [2.75, 3.05) is 39.8 Å². The Hall–Kier alpha value is -2.35. The summed E-state index contributed by atoms with van der Waals surface area (Å²) in [7, 11) is 1.74. The van der Waals surface area contributed by atoms with Gasteiger partial charge in [-0.2, -0.15) is 0 Å². The molecule has 0 spiro atoms. The van der Waals surface area contributed by atoms with Crippen LogP contribution in [0.4, 0.5) is 4.39 Å². The number of amides is 1. The molecule has 1 fully saturated rings.